The summed E-state index contributed by atoms with van der Waals surface area (Å²) in [4.78, 5) is 15.8. The van der Waals surface area contributed by atoms with Gasteiger partial charge in [-0.05, 0) is 19.1 Å². The Morgan fingerprint density at radius 3 is 2.84 bits per heavy atom. The Labute approximate surface area is 142 Å². The van der Waals surface area contributed by atoms with E-state index in [1.807, 2.05) is 0 Å². The van der Waals surface area contributed by atoms with E-state index >= 15 is 0 Å². The summed E-state index contributed by atoms with van der Waals surface area (Å²) in [6, 6.07) is 4.53. The Hall–Kier alpha value is -2.42. The van der Waals surface area contributed by atoms with Crippen LogP contribution in [0.1, 0.15) is 24.8 Å². The van der Waals surface area contributed by atoms with Crippen LogP contribution in [-0.4, -0.2) is 35.8 Å². The molecule has 0 saturated carbocycles. The van der Waals surface area contributed by atoms with Crippen LogP contribution in [0.3, 0.4) is 0 Å². The highest BCUT2D eigenvalue weighted by molar-refractivity contribution is 5.76. The highest BCUT2D eigenvalue weighted by atomic mass is 19.4. The van der Waals surface area contributed by atoms with Crippen LogP contribution < -0.4 is 5.32 Å². The minimum Gasteiger partial charge on any atom is -0.383 e. The van der Waals surface area contributed by atoms with Gasteiger partial charge in [0.15, 0.2) is 0 Å². The van der Waals surface area contributed by atoms with Gasteiger partial charge in [0.1, 0.15) is 0 Å². The molecule has 0 aliphatic carbocycles. The van der Waals surface area contributed by atoms with Gasteiger partial charge in [0.25, 0.3) is 0 Å². The van der Waals surface area contributed by atoms with E-state index < -0.39 is 11.7 Å². The molecule has 0 radical (unpaired) electrons. The van der Waals surface area contributed by atoms with Crippen LogP contribution in [-0.2, 0) is 22.1 Å². The summed E-state index contributed by atoms with van der Waals surface area (Å²) in [5.41, 5.74) is -0.592. The molecule has 2 aromatic rings. The molecule has 0 aliphatic heterocycles. The molecule has 1 unspecified atom stereocenters. The zero-order valence-corrected chi connectivity index (χ0v) is 13.8. The number of ether oxygens (including phenoxy) is 1. The van der Waals surface area contributed by atoms with Crippen molar-refractivity contribution < 1.29 is 27.2 Å². The number of amides is 1. The number of halogens is 3. The van der Waals surface area contributed by atoms with Crippen LogP contribution in [0.25, 0.3) is 11.4 Å². The number of benzene rings is 1. The summed E-state index contributed by atoms with van der Waals surface area (Å²) in [5, 5.41) is 6.41. The largest absolute Gasteiger partial charge is 0.416 e. The number of alkyl halides is 3. The van der Waals surface area contributed by atoms with E-state index in [4.69, 9.17) is 9.26 Å². The summed E-state index contributed by atoms with van der Waals surface area (Å²) in [7, 11) is 1.54. The van der Waals surface area contributed by atoms with Crippen molar-refractivity contribution in [3.05, 3.63) is 35.7 Å². The molecule has 25 heavy (non-hydrogen) atoms. The number of rotatable bonds is 7. The van der Waals surface area contributed by atoms with Gasteiger partial charge in [-0.15, -0.1) is 0 Å². The molecule has 9 heteroatoms. The lowest BCUT2D eigenvalue weighted by atomic mass is 10.1. The van der Waals surface area contributed by atoms with Crippen molar-refractivity contribution in [2.45, 2.75) is 32.0 Å². The maximum Gasteiger partial charge on any atom is 0.416 e. The van der Waals surface area contributed by atoms with Gasteiger partial charge in [-0.3, -0.25) is 4.79 Å². The Balaban J connectivity index is 1.97. The lowest BCUT2D eigenvalue weighted by molar-refractivity contribution is -0.137. The SMILES string of the molecule is COCC(C)NC(=O)CCc1nc(-c2cccc(C(F)(F)F)c2)no1. The van der Waals surface area contributed by atoms with Crippen LogP contribution in [0.4, 0.5) is 13.2 Å². The third-order valence-electron chi connectivity index (χ3n) is 3.31. The van der Waals surface area contributed by atoms with Gasteiger partial charge in [0, 0.05) is 31.6 Å². The molecule has 0 spiro atoms. The third-order valence-corrected chi connectivity index (χ3v) is 3.31. The number of carbonyl (C=O) groups excluding carboxylic acids is 1. The number of aromatic nitrogens is 2. The van der Waals surface area contributed by atoms with Crippen molar-refractivity contribution >= 4 is 5.91 Å². The maximum atomic E-state index is 12.7. The summed E-state index contributed by atoms with van der Waals surface area (Å²) < 4.78 is 48.1. The monoisotopic (exact) mass is 357 g/mol. The highest BCUT2D eigenvalue weighted by Gasteiger charge is 2.30. The molecule has 1 N–H and O–H groups in total. The molecule has 1 heterocycles. The molecule has 1 aromatic carbocycles. The van der Waals surface area contributed by atoms with Crippen LogP contribution >= 0.6 is 0 Å². The maximum absolute atomic E-state index is 12.7. The first-order chi connectivity index (χ1) is 11.8. The van der Waals surface area contributed by atoms with E-state index in [2.05, 4.69) is 15.5 Å². The third kappa shape index (κ3) is 5.56. The predicted molar refractivity (Wildman–Crippen MR) is 82.5 cm³/mol. The van der Waals surface area contributed by atoms with Crippen LogP contribution in [0.2, 0.25) is 0 Å². The van der Waals surface area contributed by atoms with Crippen molar-refractivity contribution in [3.8, 4) is 11.4 Å². The van der Waals surface area contributed by atoms with Gasteiger partial charge in [-0.2, -0.15) is 18.2 Å². The summed E-state index contributed by atoms with van der Waals surface area (Å²) in [6.07, 6.45) is -4.13. The summed E-state index contributed by atoms with van der Waals surface area (Å²) in [5.74, 6) is 0.0274. The van der Waals surface area contributed by atoms with Gasteiger partial charge in [-0.25, -0.2) is 0 Å². The van der Waals surface area contributed by atoms with E-state index in [-0.39, 0.29) is 42.1 Å². The van der Waals surface area contributed by atoms with Crippen molar-refractivity contribution in [2.24, 2.45) is 0 Å². The molecular formula is C16H18F3N3O3. The Morgan fingerprint density at radius 1 is 1.40 bits per heavy atom. The molecule has 2 rings (SSSR count). The standard InChI is InChI=1S/C16H18F3N3O3/c1-10(9-24-2)20-13(23)6-7-14-21-15(22-25-14)11-4-3-5-12(8-11)16(17,18)19/h3-5,8,10H,6-7,9H2,1-2H3,(H,20,23). The number of nitrogens with one attached hydrogen (secondary N) is 1. The second-order valence-electron chi connectivity index (χ2n) is 5.51. The number of nitrogens with zero attached hydrogens (tertiary/aromatic N) is 2. The minimum absolute atomic E-state index is 0.0502. The van der Waals surface area contributed by atoms with Crippen LogP contribution in [0.15, 0.2) is 28.8 Å². The second-order valence-corrected chi connectivity index (χ2v) is 5.51. The van der Waals surface area contributed by atoms with E-state index in [0.717, 1.165) is 12.1 Å². The normalized spacial score (nSPS) is 12.8. The van der Waals surface area contributed by atoms with E-state index in [1.165, 1.54) is 19.2 Å². The quantitative estimate of drug-likeness (QED) is 0.825. The molecule has 1 aromatic heterocycles. The van der Waals surface area contributed by atoms with Gasteiger partial charge < -0.3 is 14.6 Å². The van der Waals surface area contributed by atoms with Gasteiger partial charge in [-0.1, -0.05) is 17.3 Å². The first-order valence-electron chi connectivity index (χ1n) is 7.58. The molecule has 0 saturated heterocycles. The van der Waals surface area contributed by atoms with Gasteiger partial charge >= 0.3 is 6.18 Å². The smallest absolute Gasteiger partial charge is 0.383 e. The van der Waals surface area contributed by atoms with Gasteiger partial charge in [0.2, 0.25) is 17.6 Å². The van der Waals surface area contributed by atoms with Gasteiger partial charge in [0.05, 0.1) is 12.2 Å². The number of methoxy groups -OCH3 is 1. The molecule has 0 fully saturated rings. The predicted octanol–water partition coefficient (Wildman–Crippen LogP) is 2.84. The summed E-state index contributed by atoms with van der Waals surface area (Å²) in [6.45, 7) is 2.20. The average molecular weight is 357 g/mol. The topological polar surface area (TPSA) is 77.2 Å². The second kappa shape index (κ2) is 8.11. The Kier molecular flexibility index (Phi) is 6.13. The fourth-order valence-electron chi connectivity index (χ4n) is 2.17. The molecule has 6 nitrogen and oxygen atoms in total. The number of hydrogen-bond acceptors (Lipinski definition) is 5. The fourth-order valence-corrected chi connectivity index (χ4v) is 2.17. The molecule has 1 atom stereocenters. The highest BCUT2D eigenvalue weighted by Crippen LogP contribution is 2.31. The Morgan fingerprint density at radius 2 is 2.16 bits per heavy atom. The first kappa shape index (κ1) is 18.9. The van der Waals surface area contributed by atoms with Crippen LogP contribution in [0, 0.1) is 0 Å². The number of aryl methyl sites for hydroxylation is 1. The number of carbonyl (C=O) groups is 1. The first-order valence-corrected chi connectivity index (χ1v) is 7.58. The average Bonchev–Trinajstić information content (AvgIpc) is 3.01. The lowest BCUT2D eigenvalue weighted by Gasteiger charge is -2.11. The molecule has 0 aliphatic rings. The Bertz CT molecular complexity index is 716. The van der Waals surface area contributed by atoms with Crippen molar-refractivity contribution in [1.82, 2.24) is 15.5 Å². The van der Waals surface area contributed by atoms with Crippen molar-refractivity contribution in [2.75, 3.05) is 13.7 Å². The summed E-state index contributed by atoms with van der Waals surface area (Å²) >= 11 is 0. The molecular weight excluding hydrogens is 339 g/mol. The van der Waals surface area contributed by atoms with Crippen LogP contribution in [0.5, 0.6) is 0 Å². The molecule has 0 bridgehead atoms. The number of hydrogen-bond donors (Lipinski definition) is 1. The lowest BCUT2D eigenvalue weighted by Crippen LogP contribution is -2.35. The van der Waals surface area contributed by atoms with Crippen molar-refractivity contribution in [1.29, 1.82) is 0 Å². The molecule has 136 valence electrons. The zero-order chi connectivity index (χ0) is 18.4. The van der Waals surface area contributed by atoms with E-state index in [0.29, 0.717) is 6.61 Å². The van der Waals surface area contributed by atoms with Crippen molar-refractivity contribution in [3.63, 3.8) is 0 Å². The molecule has 1 amide bonds. The zero-order valence-electron chi connectivity index (χ0n) is 13.8. The van der Waals surface area contributed by atoms with E-state index in [1.54, 1.807) is 6.92 Å². The van der Waals surface area contributed by atoms with E-state index in [9.17, 15) is 18.0 Å². The fraction of sp³-hybridized carbons (Fsp3) is 0.438. The minimum atomic E-state index is -4.44.